The van der Waals surface area contributed by atoms with Crippen LogP contribution in [-0.4, -0.2) is 17.1 Å². The molecule has 0 bridgehead atoms. The van der Waals surface area contributed by atoms with E-state index in [1.54, 1.807) is 16.7 Å². The molecule has 0 radical (unpaired) electrons. The molecule has 1 aliphatic heterocycles. The molecule has 0 aromatic heterocycles. The molecule has 3 nitrogen and oxygen atoms in total. The van der Waals surface area contributed by atoms with Crippen molar-refractivity contribution in [3.8, 4) is 0 Å². The number of ketones is 1. The highest BCUT2D eigenvalue weighted by Crippen LogP contribution is 2.45. The summed E-state index contributed by atoms with van der Waals surface area (Å²) in [6.07, 6.45) is 1.82. The minimum absolute atomic E-state index is 0.0618. The molecule has 0 saturated carbocycles. The molecule has 2 unspecified atom stereocenters. The van der Waals surface area contributed by atoms with E-state index in [-0.39, 0.29) is 22.3 Å². The molecule has 0 spiro atoms. The number of amides is 1. The molecule has 1 amide bonds. The second-order valence-corrected chi connectivity index (χ2v) is 7.21. The van der Waals surface area contributed by atoms with Crippen molar-refractivity contribution >= 4 is 29.1 Å². The van der Waals surface area contributed by atoms with Gasteiger partial charge < -0.3 is 0 Å². The molecular weight excluding hydrogens is 318 g/mol. The van der Waals surface area contributed by atoms with Gasteiger partial charge in [0.05, 0.1) is 5.37 Å². The number of hydrogen-bond donors (Lipinski definition) is 0. The van der Waals surface area contributed by atoms with E-state index < -0.39 is 0 Å². The fourth-order valence-corrected chi connectivity index (χ4v) is 4.48. The second-order valence-electron chi connectivity index (χ2n) is 5.92. The third kappa shape index (κ3) is 3.54. The van der Waals surface area contributed by atoms with E-state index in [1.807, 2.05) is 67.6 Å². The van der Waals surface area contributed by atoms with E-state index in [2.05, 4.69) is 0 Å². The second kappa shape index (κ2) is 7.67. The third-order valence-corrected chi connectivity index (χ3v) is 5.55. The van der Waals surface area contributed by atoms with Crippen molar-refractivity contribution in [3.63, 3.8) is 0 Å². The molecule has 0 N–H and O–H groups in total. The molecule has 1 aliphatic rings. The molecule has 124 valence electrons. The van der Waals surface area contributed by atoms with Gasteiger partial charge >= 0.3 is 0 Å². The van der Waals surface area contributed by atoms with Crippen LogP contribution in [0.25, 0.3) is 0 Å². The number of carbonyl (C=O) groups excluding carboxylic acids is 2. The van der Waals surface area contributed by atoms with Gasteiger partial charge in [-0.1, -0.05) is 55.5 Å². The average molecular weight is 339 g/mol. The summed E-state index contributed by atoms with van der Waals surface area (Å²) >= 11 is 1.58. The number of para-hydroxylation sites is 1. The lowest BCUT2D eigenvalue weighted by atomic mass is 10.1. The van der Waals surface area contributed by atoms with E-state index in [9.17, 15) is 9.59 Å². The maximum atomic E-state index is 13.0. The first-order chi connectivity index (χ1) is 11.7. The number of carbonyl (C=O) groups is 2. The summed E-state index contributed by atoms with van der Waals surface area (Å²) in [5, 5.41) is -0.380. The molecule has 0 aliphatic carbocycles. The Bertz CT molecular complexity index is 702. The van der Waals surface area contributed by atoms with E-state index in [4.69, 9.17) is 0 Å². The predicted molar refractivity (Wildman–Crippen MR) is 99.0 cm³/mol. The molecule has 1 fully saturated rings. The van der Waals surface area contributed by atoms with Crippen LogP contribution in [0.3, 0.4) is 0 Å². The number of benzene rings is 2. The molecule has 1 heterocycles. The lowest BCUT2D eigenvalue weighted by Crippen LogP contribution is -2.34. The lowest BCUT2D eigenvalue weighted by molar-refractivity contribution is -0.119. The van der Waals surface area contributed by atoms with Gasteiger partial charge in [-0.15, -0.1) is 11.8 Å². The maximum absolute atomic E-state index is 13.0. The van der Waals surface area contributed by atoms with Crippen LogP contribution >= 0.6 is 11.8 Å². The van der Waals surface area contributed by atoms with Crippen LogP contribution in [0.15, 0.2) is 60.7 Å². The number of Topliss-reactive ketones (excluding diaryl/α,β-unsaturated/α-hetero) is 1. The largest absolute Gasteiger partial charge is 0.300 e. The van der Waals surface area contributed by atoms with Gasteiger partial charge in [0.2, 0.25) is 5.91 Å². The van der Waals surface area contributed by atoms with E-state index in [1.165, 1.54) is 0 Å². The SMILES string of the molecule is CCCC(=O)CC1SC(c2ccccc2)C(=O)N1c1ccccc1. The first-order valence-electron chi connectivity index (χ1n) is 8.31. The smallest absolute Gasteiger partial charge is 0.245 e. The Morgan fingerprint density at radius 1 is 1.04 bits per heavy atom. The van der Waals surface area contributed by atoms with Gasteiger partial charge in [-0.25, -0.2) is 0 Å². The summed E-state index contributed by atoms with van der Waals surface area (Å²) in [4.78, 5) is 27.0. The number of thioether (sulfide) groups is 1. The van der Waals surface area contributed by atoms with Crippen LogP contribution < -0.4 is 4.90 Å². The lowest BCUT2D eigenvalue weighted by Gasteiger charge is -2.23. The standard InChI is InChI=1S/C20H21NO2S/c1-2-9-17(22)14-18-21(16-12-7-4-8-13-16)20(23)19(24-18)15-10-5-3-6-11-15/h3-8,10-13,18-19H,2,9,14H2,1H3. The summed E-state index contributed by atoms with van der Waals surface area (Å²) in [6, 6.07) is 19.5. The molecule has 2 aromatic rings. The number of anilines is 1. The summed E-state index contributed by atoms with van der Waals surface area (Å²) in [5.74, 6) is 0.282. The van der Waals surface area contributed by atoms with Crippen molar-refractivity contribution in [3.05, 3.63) is 66.2 Å². The van der Waals surface area contributed by atoms with Gasteiger partial charge in [-0.3, -0.25) is 14.5 Å². The zero-order valence-electron chi connectivity index (χ0n) is 13.7. The van der Waals surface area contributed by atoms with Gasteiger partial charge in [-0.05, 0) is 24.1 Å². The maximum Gasteiger partial charge on any atom is 0.245 e. The third-order valence-electron chi connectivity index (χ3n) is 4.11. The fourth-order valence-electron chi connectivity index (χ4n) is 2.99. The van der Waals surface area contributed by atoms with Crippen LogP contribution in [0.1, 0.15) is 37.0 Å². The predicted octanol–water partition coefficient (Wildman–Crippen LogP) is 4.59. The molecule has 4 heteroatoms. The summed E-state index contributed by atoms with van der Waals surface area (Å²) < 4.78 is 0. The van der Waals surface area contributed by atoms with Crippen LogP contribution in [0.5, 0.6) is 0 Å². The Labute approximate surface area is 147 Å². The van der Waals surface area contributed by atoms with Crippen molar-refractivity contribution in [2.75, 3.05) is 4.90 Å². The molecule has 2 aromatic carbocycles. The molecule has 3 rings (SSSR count). The van der Waals surface area contributed by atoms with Crippen molar-refractivity contribution in [2.24, 2.45) is 0 Å². The number of nitrogens with zero attached hydrogens (tertiary/aromatic N) is 1. The van der Waals surface area contributed by atoms with E-state index in [0.29, 0.717) is 12.8 Å². The van der Waals surface area contributed by atoms with Crippen molar-refractivity contribution in [1.29, 1.82) is 0 Å². The highest BCUT2D eigenvalue weighted by Gasteiger charge is 2.42. The van der Waals surface area contributed by atoms with Crippen molar-refractivity contribution in [2.45, 2.75) is 36.8 Å². The fraction of sp³-hybridized carbons (Fsp3) is 0.300. The summed E-state index contributed by atoms with van der Waals surface area (Å²) in [6.45, 7) is 2.01. The topological polar surface area (TPSA) is 37.4 Å². The van der Waals surface area contributed by atoms with Crippen molar-refractivity contribution in [1.82, 2.24) is 0 Å². The Morgan fingerprint density at radius 2 is 1.67 bits per heavy atom. The van der Waals surface area contributed by atoms with Crippen molar-refractivity contribution < 1.29 is 9.59 Å². The monoisotopic (exact) mass is 339 g/mol. The Kier molecular flexibility index (Phi) is 5.36. The Balaban J connectivity index is 1.90. The minimum Gasteiger partial charge on any atom is -0.300 e. The first kappa shape index (κ1) is 16.8. The zero-order valence-corrected chi connectivity index (χ0v) is 14.5. The molecule has 1 saturated heterocycles. The van der Waals surface area contributed by atoms with Crippen LogP contribution in [0, 0.1) is 0 Å². The molecular formula is C20H21NO2S. The summed E-state index contributed by atoms with van der Waals surface area (Å²) in [7, 11) is 0. The normalized spacial score (nSPS) is 20.4. The molecule has 24 heavy (non-hydrogen) atoms. The number of rotatable bonds is 6. The quantitative estimate of drug-likeness (QED) is 0.772. The van der Waals surface area contributed by atoms with Crippen LogP contribution in [-0.2, 0) is 9.59 Å². The highest BCUT2D eigenvalue weighted by atomic mass is 32.2. The van der Waals surface area contributed by atoms with Crippen LogP contribution in [0.2, 0.25) is 0 Å². The van der Waals surface area contributed by atoms with Gasteiger partial charge in [-0.2, -0.15) is 0 Å². The highest BCUT2D eigenvalue weighted by molar-refractivity contribution is 8.01. The minimum atomic E-state index is -0.245. The van der Waals surface area contributed by atoms with E-state index >= 15 is 0 Å². The van der Waals surface area contributed by atoms with Crippen LogP contribution in [0.4, 0.5) is 5.69 Å². The number of hydrogen-bond acceptors (Lipinski definition) is 3. The Hall–Kier alpha value is -2.07. The average Bonchev–Trinajstić information content (AvgIpc) is 2.92. The Morgan fingerprint density at radius 3 is 2.29 bits per heavy atom. The summed E-state index contributed by atoms with van der Waals surface area (Å²) in [5.41, 5.74) is 1.86. The molecule has 2 atom stereocenters. The van der Waals surface area contributed by atoms with Gasteiger partial charge in [0.15, 0.2) is 0 Å². The first-order valence-corrected chi connectivity index (χ1v) is 9.25. The van der Waals surface area contributed by atoms with Gasteiger partial charge in [0.1, 0.15) is 11.0 Å². The van der Waals surface area contributed by atoms with E-state index in [0.717, 1.165) is 17.7 Å². The van der Waals surface area contributed by atoms with Gasteiger partial charge in [0.25, 0.3) is 0 Å². The zero-order chi connectivity index (χ0) is 16.9. The van der Waals surface area contributed by atoms with Gasteiger partial charge in [0, 0.05) is 18.5 Å².